The minimum atomic E-state index is -4.57. The third kappa shape index (κ3) is 4.26. The number of benzene rings is 1. The summed E-state index contributed by atoms with van der Waals surface area (Å²) in [6, 6.07) is 16.7. The van der Waals surface area contributed by atoms with Crippen LogP contribution in [0.15, 0.2) is 66.9 Å². The van der Waals surface area contributed by atoms with Gasteiger partial charge in [-0.2, -0.15) is 13.2 Å². The molecular formula is C24H20F3N5O. The Kier molecular flexibility index (Phi) is 5.24. The van der Waals surface area contributed by atoms with Crippen molar-refractivity contribution in [2.45, 2.75) is 19.1 Å². The van der Waals surface area contributed by atoms with Crippen molar-refractivity contribution in [1.82, 2.24) is 14.5 Å². The molecule has 1 amide bonds. The number of fused-ring (bicyclic) bond motifs is 1. The van der Waals surface area contributed by atoms with Gasteiger partial charge in [-0.1, -0.05) is 30.3 Å². The van der Waals surface area contributed by atoms with Crippen molar-refractivity contribution < 1.29 is 18.0 Å². The van der Waals surface area contributed by atoms with Crippen LogP contribution >= 0.6 is 0 Å². The van der Waals surface area contributed by atoms with Gasteiger partial charge in [0.15, 0.2) is 0 Å². The number of amides is 1. The maximum Gasteiger partial charge on any atom is 0.433 e. The number of hydrogen-bond donors (Lipinski definition) is 1. The van der Waals surface area contributed by atoms with Crippen LogP contribution in [0.5, 0.6) is 0 Å². The topological polar surface area (TPSA) is 63.1 Å². The fourth-order valence-corrected chi connectivity index (χ4v) is 3.81. The minimum Gasteiger partial charge on any atom is -0.356 e. The number of anilines is 2. The first-order valence-corrected chi connectivity index (χ1v) is 10.5. The quantitative estimate of drug-likeness (QED) is 0.466. The zero-order chi connectivity index (χ0) is 23.0. The van der Waals surface area contributed by atoms with Crippen LogP contribution in [0, 0.1) is 0 Å². The van der Waals surface area contributed by atoms with Crippen molar-refractivity contribution in [2.24, 2.45) is 0 Å². The maximum absolute atomic E-state index is 13.2. The van der Waals surface area contributed by atoms with Crippen LogP contribution in [0.25, 0.3) is 11.0 Å². The molecule has 4 heterocycles. The summed E-state index contributed by atoms with van der Waals surface area (Å²) in [5.74, 6) is 0.400. The number of pyridine rings is 2. The highest BCUT2D eigenvalue weighted by molar-refractivity contribution is 6.06. The lowest BCUT2D eigenvalue weighted by atomic mass is 10.2. The molecule has 0 bridgehead atoms. The van der Waals surface area contributed by atoms with Crippen LogP contribution in [0.3, 0.4) is 0 Å². The van der Waals surface area contributed by atoms with E-state index in [1.54, 1.807) is 16.8 Å². The number of nitrogens with zero attached hydrogens (tertiary/aromatic N) is 4. The fraction of sp³-hybridized carbons (Fsp3) is 0.208. The Hall–Kier alpha value is -3.88. The summed E-state index contributed by atoms with van der Waals surface area (Å²) in [7, 11) is 0. The highest BCUT2D eigenvalue weighted by Gasteiger charge is 2.33. The molecule has 0 unspecified atom stereocenters. The van der Waals surface area contributed by atoms with E-state index >= 15 is 0 Å². The summed E-state index contributed by atoms with van der Waals surface area (Å²) in [5, 5.41) is 2.80. The number of hydrogen-bond acceptors (Lipinski definition) is 4. The number of carbonyl (C=O) groups is 1. The molecule has 4 aromatic rings. The third-order valence-corrected chi connectivity index (χ3v) is 5.65. The van der Waals surface area contributed by atoms with Gasteiger partial charge in [0.1, 0.15) is 17.2 Å². The van der Waals surface area contributed by atoms with Gasteiger partial charge in [0.25, 0.3) is 5.91 Å². The summed E-state index contributed by atoms with van der Waals surface area (Å²) in [4.78, 5) is 23.4. The molecule has 3 aromatic heterocycles. The smallest absolute Gasteiger partial charge is 0.356 e. The first-order valence-electron chi connectivity index (χ1n) is 10.5. The van der Waals surface area contributed by atoms with Gasteiger partial charge in [0, 0.05) is 19.6 Å². The number of nitrogens with one attached hydrogen (secondary N) is 1. The molecule has 0 radical (unpaired) electrons. The lowest BCUT2D eigenvalue weighted by molar-refractivity contribution is -0.140. The van der Waals surface area contributed by atoms with Crippen molar-refractivity contribution in [2.75, 3.05) is 23.3 Å². The Bertz CT molecular complexity index is 1300. The molecule has 9 heteroatoms. The van der Waals surface area contributed by atoms with Crippen LogP contribution in [-0.4, -0.2) is 33.5 Å². The maximum atomic E-state index is 13.2. The third-order valence-electron chi connectivity index (χ3n) is 5.65. The van der Waals surface area contributed by atoms with Gasteiger partial charge < -0.3 is 14.8 Å². The lowest BCUT2D eigenvalue weighted by Gasteiger charge is -2.31. The van der Waals surface area contributed by atoms with E-state index in [0.29, 0.717) is 17.7 Å². The first-order chi connectivity index (χ1) is 15.9. The second-order valence-corrected chi connectivity index (χ2v) is 7.90. The molecule has 6 nitrogen and oxygen atoms in total. The fourth-order valence-electron chi connectivity index (χ4n) is 3.81. The van der Waals surface area contributed by atoms with Crippen LogP contribution in [0.4, 0.5) is 24.7 Å². The molecular weight excluding hydrogens is 431 g/mol. The number of aromatic nitrogens is 3. The zero-order valence-corrected chi connectivity index (χ0v) is 17.5. The van der Waals surface area contributed by atoms with Crippen molar-refractivity contribution >= 4 is 28.4 Å². The summed E-state index contributed by atoms with van der Waals surface area (Å²) < 4.78 is 41.2. The van der Waals surface area contributed by atoms with Crippen molar-refractivity contribution in [3.8, 4) is 0 Å². The predicted molar refractivity (Wildman–Crippen MR) is 119 cm³/mol. The molecule has 168 valence electrons. The van der Waals surface area contributed by atoms with Gasteiger partial charge in [-0.3, -0.25) is 4.79 Å². The average Bonchev–Trinajstić information content (AvgIpc) is 3.12. The summed E-state index contributed by atoms with van der Waals surface area (Å²) in [6.07, 6.45) is -1.85. The van der Waals surface area contributed by atoms with E-state index in [4.69, 9.17) is 0 Å². The second-order valence-electron chi connectivity index (χ2n) is 7.90. The molecule has 0 atom stereocenters. The first kappa shape index (κ1) is 21.0. The zero-order valence-electron chi connectivity index (χ0n) is 17.5. The average molecular weight is 451 g/mol. The van der Waals surface area contributed by atoms with Gasteiger partial charge in [-0.15, -0.1) is 0 Å². The largest absolute Gasteiger partial charge is 0.433 e. The molecule has 1 fully saturated rings. The van der Waals surface area contributed by atoms with Gasteiger partial charge in [-0.25, -0.2) is 9.97 Å². The van der Waals surface area contributed by atoms with Crippen LogP contribution in [0.1, 0.15) is 28.2 Å². The molecule has 33 heavy (non-hydrogen) atoms. The number of rotatable bonds is 5. The van der Waals surface area contributed by atoms with E-state index in [1.807, 2.05) is 36.4 Å². The molecule has 1 aromatic carbocycles. The van der Waals surface area contributed by atoms with E-state index in [1.165, 1.54) is 12.1 Å². The molecule has 1 aliphatic heterocycles. The van der Waals surface area contributed by atoms with E-state index in [2.05, 4.69) is 20.2 Å². The molecule has 0 saturated carbocycles. The SMILES string of the molecule is O=C(Nc1ccc(N2CCC2)nc1)c1cc2nc(C(F)(F)F)ccc2n1Cc1ccccc1. The van der Waals surface area contributed by atoms with E-state index in [9.17, 15) is 18.0 Å². The highest BCUT2D eigenvalue weighted by Crippen LogP contribution is 2.30. The number of halogens is 3. The highest BCUT2D eigenvalue weighted by atomic mass is 19.4. The van der Waals surface area contributed by atoms with Crippen LogP contribution in [-0.2, 0) is 12.7 Å². The van der Waals surface area contributed by atoms with Gasteiger partial charge in [-0.05, 0) is 42.3 Å². The molecule has 5 rings (SSSR count). The molecule has 1 saturated heterocycles. The summed E-state index contributed by atoms with van der Waals surface area (Å²) in [5.41, 5.74) is 1.19. The summed E-state index contributed by atoms with van der Waals surface area (Å²) in [6.45, 7) is 2.24. The van der Waals surface area contributed by atoms with E-state index in [0.717, 1.165) is 37.0 Å². The number of carbonyl (C=O) groups excluding carboxylic acids is 1. The predicted octanol–water partition coefficient (Wildman–Crippen LogP) is 4.96. The Morgan fingerprint density at radius 3 is 2.45 bits per heavy atom. The minimum absolute atomic E-state index is 0.108. The lowest BCUT2D eigenvalue weighted by Crippen LogP contribution is -2.37. The van der Waals surface area contributed by atoms with Gasteiger partial charge in [0.2, 0.25) is 0 Å². The van der Waals surface area contributed by atoms with E-state index in [-0.39, 0.29) is 11.2 Å². The van der Waals surface area contributed by atoms with Crippen molar-refractivity contribution in [3.63, 3.8) is 0 Å². The Morgan fingerprint density at radius 2 is 1.82 bits per heavy atom. The molecule has 1 N–H and O–H groups in total. The molecule has 0 aliphatic carbocycles. The van der Waals surface area contributed by atoms with E-state index < -0.39 is 17.8 Å². The Balaban J connectivity index is 1.49. The van der Waals surface area contributed by atoms with Crippen LogP contribution in [0.2, 0.25) is 0 Å². The van der Waals surface area contributed by atoms with Gasteiger partial charge in [0.05, 0.1) is 22.9 Å². The molecule has 0 spiro atoms. The summed E-state index contributed by atoms with van der Waals surface area (Å²) >= 11 is 0. The number of alkyl halides is 3. The van der Waals surface area contributed by atoms with Gasteiger partial charge >= 0.3 is 6.18 Å². The monoisotopic (exact) mass is 451 g/mol. The normalized spacial score (nSPS) is 13.7. The molecule has 1 aliphatic rings. The van der Waals surface area contributed by atoms with Crippen molar-refractivity contribution in [3.05, 3.63) is 83.8 Å². The van der Waals surface area contributed by atoms with Crippen molar-refractivity contribution in [1.29, 1.82) is 0 Å². The Morgan fingerprint density at radius 1 is 1.03 bits per heavy atom. The second kappa shape index (κ2) is 8.23. The standard InChI is InChI=1S/C24H20F3N5O/c25-24(26,27)21-9-8-19-18(30-21)13-20(32(19)15-16-5-2-1-3-6-16)23(33)29-17-7-10-22(28-14-17)31-11-4-12-31/h1-3,5-10,13-14H,4,11-12,15H2,(H,29,33). The Labute approximate surface area is 187 Å². The van der Waals surface area contributed by atoms with Crippen LogP contribution < -0.4 is 10.2 Å².